The Morgan fingerprint density at radius 2 is 1.96 bits per heavy atom. The van der Waals surface area contributed by atoms with E-state index in [1.807, 2.05) is 18.2 Å². The van der Waals surface area contributed by atoms with Crippen molar-refractivity contribution in [3.8, 4) is 0 Å². The first-order valence-electron chi connectivity index (χ1n) is 9.05. The molecule has 5 atom stereocenters. The van der Waals surface area contributed by atoms with Crippen molar-refractivity contribution in [2.24, 2.45) is 11.8 Å². The predicted molar refractivity (Wildman–Crippen MR) is 93.5 cm³/mol. The number of unbranched alkanes of at least 4 members (excludes halogenated alkanes) is 2. The van der Waals surface area contributed by atoms with E-state index >= 15 is 0 Å². The quantitative estimate of drug-likeness (QED) is 0.342. The van der Waals surface area contributed by atoms with Gasteiger partial charge in [-0.1, -0.05) is 50.5 Å². The van der Waals surface area contributed by atoms with Crippen molar-refractivity contribution in [2.45, 2.75) is 76.6 Å². The summed E-state index contributed by atoms with van der Waals surface area (Å²) in [6.07, 6.45) is 11.0. The molecule has 0 aliphatic heterocycles. The van der Waals surface area contributed by atoms with Gasteiger partial charge in [-0.3, -0.25) is 4.79 Å². The third-order valence-electron chi connectivity index (χ3n) is 4.67. The van der Waals surface area contributed by atoms with E-state index in [1.54, 1.807) is 6.08 Å². The van der Waals surface area contributed by atoms with E-state index in [-0.39, 0.29) is 18.3 Å². The molecular formula is C19H32O5. The summed E-state index contributed by atoms with van der Waals surface area (Å²) in [5.41, 5.74) is 0. The van der Waals surface area contributed by atoms with Gasteiger partial charge >= 0.3 is 5.97 Å². The maximum absolute atomic E-state index is 10.5. The number of carbonyl (C=O) groups is 1. The molecule has 0 heterocycles. The van der Waals surface area contributed by atoms with Crippen LogP contribution in [-0.4, -0.2) is 44.7 Å². The fourth-order valence-corrected chi connectivity index (χ4v) is 3.24. The highest BCUT2D eigenvalue weighted by Crippen LogP contribution is 2.36. The zero-order valence-corrected chi connectivity index (χ0v) is 14.6. The lowest BCUT2D eigenvalue weighted by atomic mass is 9.89. The summed E-state index contributed by atoms with van der Waals surface area (Å²) in [4.78, 5) is 10.5. The average Bonchev–Trinajstić information content (AvgIpc) is 2.78. The summed E-state index contributed by atoms with van der Waals surface area (Å²) < 4.78 is 0. The van der Waals surface area contributed by atoms with Crippen LogP contribution in [0, 0.1) is 11.8 Å². The van der Waals surface area contributed by atoms with Crippen LogP contribution in [-0.2, 0) is 4.79 Å². The second-order valence-electron chi connectivity index (χ2n) is 6.70. The third kappa shape index (κ3) is 7.60. The fraction of sp³-hybridized carbons (Fsp3) is 0.737. The van der Waals surface area contributed by atoms with Crippen molar-refractivity contribution in [1.82, 2.24) is 0 Å². The average molecular weight is 340 g/mol. The monoisotopic (exact) mass is 340 g/mol. The molecule has 1 unspecified atom stereocenters. The van der Waals surface area contributed by atoms with Gasteiger partial charge in [0.05, 0.1) is 18.3 Å². The molecule has 0 aromatic heterocycles. The first kappa shape index (κ1) is 20.9. The molecule has 4 N–H and O–H groups in total. The molecular weight excluding hydrogens is 308 g/mol. The molecule has 24 heavy (non-hydrogen) atoms. The topological polar surface area (TPSA) is 98.0 Å². The summed E-state index contributed by atoms with van der Waals surface area (Å²) in [5, 5.41) is 38.8. The SMILES string of the molecule is CCCCCC(O)/C=C/[C@@H]1[C@@H](C/C=C/CCC(=O)O)[C@@H](O)C[C@H]1O. The maximum Gasteiger partial charge on any atom is 0.303 e. The molecule has 0 aromatic rings. The molecule has 1 aliphatic rings. The van der Waals surface area contributed by atoms with Crippen molar-refractivity contribution in [1.29, 1.82) is 0 Å². The Morgan fingerprint density at radius 3 is 2.62 bits per heavy atom. The van der Waals surface area contributed by atoms with Crippen molar-refractivity contribution in [3.05, 3.63) is 24.3 Å². The van der Waals surface area contributed by atoms with Gasteiger partial charge < -0.3 is 20.4 Å². The molecule has 0 amide bonds. The first-order valence-corrected chi connectivity index (χ1v) is 9.05. The van der Waals surface area contributed by atoms with Crippen LogP contribution in [0.3, 0.4) is 0 Å². The molecule has 0 bridgehead atoms. The Bertz CT molecular complexity index is 418. The molecule has 0 radical (unpaired) electrons. The highest BCUT2D eigenvalue weighted by molar-refractivity contribution is 5.66. The highest BCUT2D eigenvalue weighted by atomic mass is 16.4. The molecule has 0 saturated heterocycles. The Hall–Kier alpha value is -1.17. The van der Waals surface area contributed by atoms with Gasteiger partial charge in [0.2, 0.25) is 0 Å². The summed E-state index contributed by atoms with van der Waals surface area (Å²) in [7, 11) is 0. The van der Waals surface area contributed by atoms with Crippen molar-refractivity contribution < 1.29 is 25.2 Å². The Labute approximate surface area is 144 Å². The summed E-state index contributed by atoms with van der Waals surface area (Å²) in [5.74, 6) is -1.10. The minimum atomic E-state index is -0.825. The van der Waals surface area contributed by atoms with E-state index in [0.717, 1.165) is 25.7 Å². The first-order chi connectivity index (χ1) is 11.5. The van der Waals surface area contributed by atoms with E-state index in [1.165, 1.54) is 0 Å². The second kappa shape index (κ2) is 11.4. The number of aliphatic hydroxyl groups is 3. The van der Waals surface area contributed by atoms with Crippen LogP contribution in [0.25, 0.3) is 0 Å². The van der Waals surface area contributed by atoms with Gasteiger partial charge in [0.1, 0.15) is 0 Å². The van der Waals surface area contributed by atoms with Crippen molar-refractivity contribution >= 4 is 5.97 Å². The number of carboxylic acid groups (broad SMARTS) is 1. The number of carboxylic acids is 1. The van der Waals surface area contributed by atoms with Crippen LogP contribution in [0.1, 0.15) is 58.3 Å². The largest absolute Gasteiger partial charge is 0.481 e. The van der Waals surface area contributed by atoms with Gasteiger partial charge in [0.15, 0.2) is 0 Å². The minimum Gasteiger partial charge on any atom is -0.481 e. The Kier molecular flexibility index (Phi) is 9.91. The number of rotatable bonds is 11. The van der Waals surface area contributed by atoms with E-state index in [4.69, 9.17) is 5.11 Å². The van der Waals surface area contributed by atoms with Crippen molar-refractivity contribution in [3.63, 3.8) is 0 Å². The van der Waals surface area contributed by atoms with Gasteiger partial charge in [0, 0.05) is 18.8 Å². The smallest absolute Gasteiger partial charge is 0.303 e. The van der Waals surface area contributed by atoms with E-state index in [0.29, 0.717) is 19.3 Å². The Morgan fingerprint density at radius 1 is 1.21 bits per heavy atom. The van der Waals surface area contributed by atoms with Gasteiger partial charge in [0.25, 0.3) is 0 Å². The lowest BCUT2D eigenvalue weighted by Crippen LogP contribution is -2.20. The molecule has 5 heteroatoms. The lowest BCUT2D eigenvalue weighted by molar-refractivity contribution is -0.136. The Balaban J connectivity index is 2.51. The third-order valence-corrected chi connectivity index (χ3v) is 4.67. The van der Waals surface area contributed by atoms with Crippen LogP contribution in [0.2, 0.25) is 0 Å². The second-order valence-corrected chi connectivity index (χ2v) is 6.70. The zero-order chi connectivity index (χ0) is 17.9. The number of allylic oxidation sites excluding steroid dienone is 2. The van der Waals surface area contributed by atoms with Crippen LogP contribution < -0.4 is 0 Å². The number of hydrogen-bond donors (Lipinski definition) is 4. The fourth-order valence-electron chi connectivity index (χ4n) is 3.24. The summed E-state index contributed by atoms with van der Waals surface area (Å²) >= 11 is 0. The van der Waals surface area contributed by atoms with E-state index in [2.05, 4.69) is 6.92 Å². The highest BCUT2D eigenvalue weighted by Gasteiger charge is 2.39. The lowest BCUT2D eigenvalue weighted by Gasteiger charge is -2.19. The van der Waals surface area contributed by atoms with Crippen LogP contribution >= 0.6 is 0 Å². The normalized spacial score (nSPS) is 28.8. The van der Waals surface area contributed by atoms with Crippen LogP contribution in [0.5, 0.6) is 0 Å². The van der Waals surface area contributed by atoms with Gasteiger partial charge in [-0.25, -0.2) is 0 Å². The number of aliphatic carboxylic acids is 1. The molecule has 1 rings (SSSR count). The van der Waals surface area contributed by atoms with Crippen molar-refractivity contribution in [2.75, 3.05) is 0 Å². The van der Waals surface area contributed by atoms with Crippen LogP contribution in [0.15, 0.2) is 24.3 Å². The van der Waals surface area contributed by atoms with E-state index < -0.39 is 24.3 Å². The molecule has 1 saturated carbocycles. The predicted octanol–water partition coefficient (Wildman–Crippen LogP) is 2.65. The molecule has 0 spiro atoms. The van der Waals surface area contributed by atoms with Gasteiger partial charge in [-0.2, -0.15) is 0 Å². The minimum absolute atomic E-state index is 0.0969. The molecule has 138 valence electrons. The molecule has 0 aromatic carbocycles. The van der Waals surface area contributed by atoms with Crippen LogP contribution in [0.4, 0.5) is 0 Å². The van der Waals surface area contributed by atoms with Gasteiger partial charge in [-0.05, 0) is 25.2 Å². The maximum atomic E-state index is 10.5. The number of hydrogen-bond acceptors (Lipinski definition) is 4. The molecule has 5 nitrogen and oxygen atoms in total. The summed E-state index contributed by atoms with van der Waals surface area (Å²) in [6.45, 7) is 2.12. The molecule has 1 fully saturated rings. The summed E-state index contributed by atoms with van der Waals surface area (Å²) in [6, 6.07) is 0. The van der Waals surface area contributed by atoms with Gasteiger partial charge in [-0.15, -0.1) is 0 Å². The number of aliphatic hydroxyl groups excluding tert-OH is 3. The molecule has 1 aliphatic carbocycles. The van der Waals surface area contributed by atoms with E-state index in [9.17, 15) is 20.1 Å². The zero-order valence-electron chi connectivity index (χ0n) is 14.6. The standard InChI is InChI=1S/C19H32O5/c1-2-3-5-8-14(20)11-12-16-15(17(21)13-18(16)22)9-6-4-7-10-19(23)24/h4,6,11-12,14-18,20-22H,2-3,5,7-10,13H2,1H3,(H,23,24)/b6-4+,12-11+/t14?,15-,16-,17+,18-/m1/s1.